The number of nitrogens with one attached hydrogen (secondary N) is 1. The second-order valence-electron chi connectivity index (χ2n) is 6.76. The molecule has 0 fully saturated rings. The van der Waals surface area contributed by atoms with E-state index in [0.717, 1.165) is 17.1 Å². The van der Waals surface area contributed by atoms with E-state index in [0.29, 0.717) is 17.1 Å². The summed E-state index contributed by atoms with van der Waals surface area (Å²) in [4.78, 5) is 12.8. The number of halogens is 1. The van der Waals surface area contributed by atoms with Crippen LogP contribution < -0.4 is 5.32 Å². The van der Waals surface area contributed by atoms with Gasteiger partial charge in [0.2, 0.25) is 0 Å². The highest BCUT2D eigenvalue weighted by atomic mass is 19.1. The molecule has 2 heterocycles. The van der Waals surface area contributed by atoms with E-state index in [9.17, 15) is 9.18 Å². The smallest absolute Gasteiger partial charge is 0.258 e. The lowest BCUT2D eigenvalue weighted by Gasteiger charge is -2.14. The lowest BCUT2D eigenvalue weighted by molar-refractivity contribution is 0.102. The van der Waals surface area contributed by atoms with Crippen molar-refractivity contribution in [2.75, 3.05) is 5.32 Å². The zero-order valence-corrected chi connectivity index (χ0v) is 15.7. The van der Waals surface area contributed by atoms with Gasteiger partial charge in [0.25, 0.3) is 5.91 Å². The third-order valence-corrected chi connectivity index (χ3v) is 4.39. The number of aryl methyl sites for hydroxylation is 2. The molecule has 1 N–H and O–H groups in total. The summed E-state index contributed by atoms with van der Waals surface area (Å²) in [6.45, 7) is 9.98. The van der Waals surface area contributed by atoms with Gasteiger partial charge in [-0.1, -0.05) is 0 Å². The minimum atomic E-state index is -0.315. The van der Waals surface area contributed by atoms with Crippen molar-refractivity contribution in [3.05, 3.63) is 64.9 Å². The maximum atomic E-state index is 13.2. The number of hydrogen-bond acceptors (Lipinski definition) is 2. The summed E-state index contributed by atoms with van der Waals surface area (Å²) in [5.74, 6) is 0.0473. The molecule has 0 saturated heterocycles. The molecule has 2 aromatic heterocycles. The van der Waals surface area contributed by atoms with E-state index in [2.05, 4.69) is 28.8 Å². The Labute approximate surface area is 152 Å². The predicted molar refractivity (Wildman–Crippen MR) is 101 cm³/mol. The number of amides is 1. The topological polar surface area (TPSA) is 51.9 Å². The van der Waals surface area contributed by atoms with Gasteiger partial charge in [0.05, 0.1) is 16.9 Å². The molecule has 0 radical (unpaired) electrons. The van der Waals surface area contributed by atoms with Gasteiger partial charge in [-0.3, -0.25) is 4.79 Å². The quantitative estimate of drug-likeness (QED) is 0.746. The summed E-state index contributed by atoms with van der Waals surface area (Å²) in [5.41, 5.74) is 4.06. The van der Waals surface area contributed by atoms with E-state index >= 15 is 0 Å². The van der Waals surface area contributed by atoms with E-state index in [1.807, 2.05) is 26.8 Å². The second-order valence-corrected chi connectivity index (χ2v) is 6.76. The fourth-order valence-corrected chi connectivity index (χ4v) is 3.35. The van der Waals surface area contributed by atoms with Gasteiger partial charge in [-0.15, -0.1) is 0 Å². The molecule has 6 heteroatoms. The summed E-state index contributed by atoms with van der Waals surface area (Å²) in [6, 6.07) is 9.97. The van der Waals surface area contributed by atoms with Gasteiger partial charge < -0.3 is 9.88 Å². The summed E-state index contributed by atoms with van der Waals surface area (Å²) in [5, 5.41) is 7.34. The van der Waals surface area contributed by atoms with Crippen molar-refractivity contribution in [3.8, 4) is 5.69 Å². The highest BCUT2D eigenvalue weighted by Gasteiger charge is 2.19. The monoisotopic (exact) mass is 354 g/mol. The number of anilines is 1. The average molecular weight is 354 g/mol. The largest absolute Gasteiger partial charge is 0.346 e. The maximum absolute atomic E-state index is 13.2. The number of carbonyl (C=O) groups excluding carboxylic acids is 1. The van der Waals surface area contributed by atoms with E-state index in [4.69, 9.17) is 0 Å². The molecule has 0 bridgehead atoms. The van der Waals surface area contributed by atoms with Crippen molar-refractivity contribution in [2.45, 2.75) is 40.7 Å². The van der Waals surface area contributed by atoms with Crippen LogP contribution in [0.4, 0.5) is 10.2 Å². The van der Waals surface area contributed by atoms with Gasteiger partial charge in [-0.25, -0.2) is 9.07 Å². The Bertz CT molecular complexity index is 951. The minimum absolute atomic E-state index is 0.187. The van der Waals surface area contributed by atoms with Crippen molar-refractivity contribution in [3.63, 3.8) is 0 Å². The van der Waals surface area contributed by atoms with E-state index in [1.54, 1.807) is 22.9 Å². The lowest BCUT2D eigenvalue weighted by atomic mass is 10.2. The number of carbonyl (C=O) groups is 1. The highest BCUT2D eigenvalue weighted by molar-refractivity contribution is 6.05. The normalized spacial score (nSPS) is 11.2. The molecule has 5 nitrogen and oxygen atoms in total. The molecule has 3 aromatic rings. The third kappa shape index (κ3) is 3.27. The molecule has 3 rings (SSSR count). The first kappa shape index (κ1) is 17.9. The maximum Gasteiger partial charge on any atom is 0.258 e. The lowest BCUT2D eigenvalue weighted by Crippen LogP contribution is -2.16. The molecule has 0 saturated carbocycles. The molecule has 0 aliphatic rings. The number of hydrogen-bond donors (Lipinski definition) is 1. The molecule has 1 amide bonds. The summed E-state index contributed by atoms with van der Waals surface area (Å²) in [6.07, 6.45) is 0. The van der Waals surface area contributed by atoms with Crippen LogP contribution in [0, 0.1) is 26.6 Å². The fourth-order valence-electron chi connectivity index (χ4n) is 3.35. The Hall–Kier alpha value is -2.89. The van der Waals surface area contributed by atoms with Gasteiger partial charge in [0.1, 0.15) is 11.6 Å². The molecule has 26 heavy (non-hydrogen) atoms. The Balaban J connectivity index is 1.94. The zero-order valence-electron chi connectivity index (χ0n) is 15.7. The average Bonchev–Trinajstić information content (AvgIpc) is 3.07. The molecule has 0 spiro atoms. The van der Waals surface area contributed by atoms with Crippen molar-refractivity contribution >= 4 is 11.7 Å². The first-order chi connectivity index (χ1) is 12.3. The Morgan fingerprint density at radius 2 is 1.77 bits per heavy atom. The Morgan fingerprint density at radius 1 is 1.12 bits per heavy atom. The number of aromatic nitrogens is 3. The third-order valence-electron chi connectivity index (χ3n) is 4.39. The van der Waals surface area contributed by atoms with Crippen LogP contribution in [0.2, 0.25) is 0 Å². The van der Waals surface area contributed by atoms with Crippen molar-refractivity contribution in [1.82, 2.24) is 14.3 Å². The SMILES string of the molecule is Cc1cc(NC(=O)c2cc(C)n(C(C)C)c2C)n(-c2ccc(F)cc2)n1. The molecule has 136 valence electrons. The van der Waals surface area contributed by atoms with Crippen LogP contribution in [0.5, 0.6) is 0 Å². The van der Waals surface area contributed by atoms with E-state index in [1.165, 1.54) is 12.1 Å². The number of benzene rings is 1. The van der Waals surface area contributed by atoms with Gasteiger partial charge in [0.15, 0.2) is 0 Å². The van der Waals surface area contributed by atoms with Crippen molar-refractivity contribution in [2.24, 2.45) is 0 Å². The summed E-state index contributed by atoms with van der Waals surface area (Å²) < 4.78 is 16.9. The van der Waals surface area contributed by atoms with E-state index < -0.39 is 0 Å². The van der Waals surface area contributed by atoms with Crippen LogP contribution in [-0.4, -0.2) is 20.3 Å². The van der Waals surface area contributed by atoms with Crippen molar-refractivity contribution < 1.29 is 9.18 Å². The molecular weight excluding hydrogens is 331 g/mol. The molecule has 0 aliphatic carbocycles. The standard InChI is InChI=1S/C20H23FN4O/c1-12(2)24-14(4)11-18(15(24)5)20(26)22-19-10-13(3)23-25(19)17-8-6-16(21)7-9-17/h6-12H,1-5H3,(H,22,26). The van der Waals surface area contributed by atoms with Gasteiger partial charge in [0, 0.05) is 23.5 Å². The molecule has 0 unspecified atom stereocenters. The molecule has 1 aromatic carbocycles. The highest BCUT2D eigenvalue weighted by Crippen LogP contribution is 2.23. The first-order valence-electron chi connectivity index (χ1n) is 8.60. The Kier molecular flexibility index (Phi) is 4.68. The molecule has 0 atom stereocenters. The first-order valence-corrected chi connectivity index (χ1v) is 8.60. The van der Waals surface area contributed by atoms with Gasteiger partial charge >= 0.3 is 0 Å². The molecule has 0 aliphatic heterocycles. The summed E-state index contributed by atoms with van der Waals surface area (Å²) >= 11 is 0. The zero-order chi connectivity index (χ0) is 19.0. The molecular formula is C20H23FN4O. The number of rotatable bonds is 4. The second kappa shape index (κ2) is 6.78. The van der Waals surface area contributed by atoms with Crippen LogP contribution in [0.3, 0.4) is 0 Å². The van der Waals surface area contributed by atoms with Crippen LogP contribution in [-0.2, 0) is 0 Å². The van der Waals surface area contributed by atoms with Gasteiger partial charge in [-0.2, -0.15) is 5.10 Å². The van der Waals surface area contributed by atoms with Crippen LogP contribution in [0.1, 0.15) is 47.3 Å². The van der Waals surface area contributed by atoms with Crippen LogP contribution in [0.25, 0.3) is 5.69 Å². The van der Waals surface area contributed by atoms with Crippen molar-refractivity contribution in [1.29, 1.82) is 0 Å². The minimum Gasteiger partial charge on any atom is -0.346 e. The van der Waals surface area contributed by atoms with Gasteiger partial charge in [-0.05, 0) is 65.0 Å². The van der Waals surface area contributed by atoms with Crippen LogP contribution >= 0.6 is 0 Å². The summed E-state index contributed by atoms with van der Waals surface area (Å²) in [7, 11) is 0. The van der Waals surface area contributed by atoms with E-state index in [-0.39, 0.29) is 17.8 Å². The van der Waals surface area contributed by atoms with Crippen LogP contribution in [0.15, 0.2) is 36.4 Å². The predicted octanol–water partition coefficient (Wildman–Crippen LogP) is 4.57. The Morgan fingerprint density at radius 3 is 2.35 bits per heavy atom. The number of nitrogens with zero attached hydrogens (tertiary/aromatic N) is 3. The fraction of sp³-hybridized carbons (Fsp3) is 0.300.